The Balaban J connectivity index is 1.04. The second-order valence-corrected chi connectivity index (χ2v) is 18.3. The van der Waals surface area contributed by atoms with Crippen LogP contribution in [0.2, 0.25) is 0 Å². The van der Waals surface area contributed by atoms with Gasteiger partial charge < -0.3 is 42.6 Å². The monoisotopic (exact) mass is 968 g/mol. The van der Waals surface area contributed by atoms with Gasteiger partial charge in [-0.1, -0.05) is 212 Å². The molecule has 2 saturated heterocycles. The first-order chi connectivity index (χ1) is 35.6. The molecule has 2 heterocycles. The number of ether oxygens (including phenoxy) is 9. The molecule has 0 bridgehead atoms. The maximum Gasteiger partial charge on any atom is 0.338 e. The summed E-state index contributed by atoms with van der Waals surface area (Å²) in [4.78, 5) is 14.4. The van der Waals surface area contributed by atoms with Crippen LogP contribution in [0.3, 0.4) is 0 Å². The number of carbonyl (C=O) groups is 1. The van der Waals surface area contributed by atoms with Gasteiger partial charge in [0, 0.05) is 0 Å². The van der Waals surface area contributed by atoms with Crippen LogP contribution in [-0.2, 0) is 93.7 Å². The molecule has 10 nitrogen and oxygen atoms in total. The van der Waals surface area contributed by atoms with Gasteiger partial charge in [-0.2, -0.15) is 0 Å². The Bertz CT molecular complexity index is 2590. The van der Waals surface area contributed by atoms with Crippen molar-refractivity contribution in [1.29, 1.82) is 0 Å². The first-order valence-corrected chi connectivity index (χ1v) is 25.0. The van der Waals surface area contributed by atoms with Crippen LogP contribution in [0.4, 0.5) is 0 Å². The summed E-state index contributed by atoms with van der Waals surface area (Å²) in [6.45, 7) is 2.22. The number of cyclic esters (lactones) is 1. The highest BCUT2D eigenvalue weighted by molar-refractivity contribution is 5.77. The second kappa shape index (κ2) is 26.9. The zero-order chi connectivity index (χ0) is 49.0. The van der Waals surface area contributed by atoms with Gasteiger partial charge in [-0.05, 0) is 51.8 Å². The van der Waals surface area contributed by atoms with E-state index in [9.17, 15) is 4.79 Å². The summed E-state index contributed by atoms with van der Waals surface area (Å²) in [6, 6.07) is 70.1. The number of rotatable bonds is 25. The molecule has 0 amide bonds. The summed E-state index contributed by atoms with van der Waals surface area (Å²) in [6.07, 6.45) is -5.61. The molecule has 0 unspecified atom stereocenters. The van der Waals surface area contributed by atoms with Crippen LogP contribution in [0, 0.1) is 0 Å². The van der Waals surface area contributed by atoms with Crippen molar-refractivity contribution in [2.24, 2.45) is 0 Å². The van der Waals surface area contributed by atoms with Gasteiger partial charge >= 0.3 is 5.97 Å². The molecule has 0 radical (unpaired) electrons. The average molecular weight is 969 g/mol. The van der Waals surface area contributed by atoms with Gasteiger partial charge in [-0.25, -0.2) is 4.79 Å². The first-order valence-electron chi connectivity index (χ1n) is 25.0. The maximum atomic E-state index is 14.4. The molecule has 72 heavy (non-hydrogen) atoms. The predicted octanol–water partition coefficient (Wildman–Crippen LogP) is 11.2. The normalized spacial score (nSPS) is 23.1. The quantitative estimate of drug-likeness (QED) is 0.0515. The number of benzene rings is 7. The standard InChI is InChI=1S/C62H64O10/c63-62-61(70-44-52-34-20-7-21-35-52)60(69-43-51-32-18-6-19-33-51)57(66-40-48-26-12-3-13-27-48)54(72-62)37-36-53-56(65-39-47-24-10-2-11-25-47)59(68-42-50-30-16-5-17-31-50)58(67-41-49-28-14-4-15-29-49)55(71-53)45-64-38-46-22-8-1-9-23-46/h1-35,53-61H,36-45H2/t53-,54+,55+,56-,57-,58-,59+,60-,61+/m0/s1. The van der Waals surface area contributed by atoms with Crippen LogP contribution in [0.1, 0.15) is 51.8 Å². The molecule has 0 N–H and O–H groups in total. The third-order valence-electron chi connectivity index (χ3n) is 13.0. The summed E-state index contributed by atoms with van der Waals surface area (Å²) in [5.74, 6) is -0.513. The van der Waals surface area contributed by atoms with E-state index in [1.807, 2.05) is 200 Å². The van der Waals surface area contributed by atoms with E-state index in [0.29, 0.717) is 39.3 Å². The molecular formula is C62H64O10. The van der Waals surface area contributed by atoms with Crippen LogP contribution >= 0.6 is 0 Å². The van der Waals surface area contributed by atoms with E-state index in [1.54, 1.807) is 0 Å². The molecule has 0 aromatic heterocycles. The highest BCUT2D eigenvalue weighted by Crippen LogP contribution is 2.36. The highest BCUT2D eigenvalue weighted by atomic mass is 16.6. The molecule has 9 rings (SSSR count). The number of hydrogen-bond donors (Lipinski definition) is 0. The Hall–Kier alpha value is -6.31. The predicted molar refractivity (Wildman–Crippen MR) is 274 cm³/mol. The minimum Gasteiger partial charge on any atom is -0.457 e. The molecule has 9 atom stereocenters. The molecule has 0 aliphatic carbocycles. The van der Waals surface area contributed by atoms with Crippen molar-refractivity contribution in [3.8, 4) is 0 Å². The van der Waals surface area contributed by atoms with Crippen LogP contribution < -0.4 is 0 Å². The van der Waals surface area contributed by atoms with E-state index in [1.165, 1.54) is 0 Å². The summed E-state index contributed by atoms with van der Waals surface area (Å²) < 4.78 is 61.3. The Labute approximate surface area is 423 Å². The van der Waals surface area contributed by atoms with Gasteiger partial charge in [-0.15, -0.1) is 0 Å². The fraction of sp³-hybridized carbons (Fsp3) is 0.306. The van der Waals surface area contributed by atoms with Crippen molar-refractivity contribution in [3.63, 3.8) is 0 Å². The molecule has 7 aromatic carbocycles. The smallest absolute Gasteiger partial charge is 0.338 e. The van der Waals surface area contributed by atoms with Gasteiger partial charge in [0.2, 0.25) is 0 Å². The maximum absolute atomic E-state index is 14.4. The van der Waals surface area contributed by atoms with Crippen molar-refractivity contribution < 1.29 is 47.4 Å². The van der Waals surface area contributed by atoms with Crippen LogP contribution in [-0.4, -0.2) is 67.5 Å². The van der Waals surface area contributed by atoms with Crippen molar-refractivity contribution in [2.75, 3.05) is 6.61 Å². The summed E-state index contributed by atoms with van der Waals surface area (Å²) in [5.41, 5.74) is 6.93. The van der Waals surface area contributed by atoms with Crippen molar-refractivity contribution in [3.05, 3.63) is 251 Å². The van der Waals surface area contributed by atoms with E-state index in [4.69, 9.17) is 42.6 Å². The molecule has 7 aromatic rings. The van der Waals surface area contributed by atoms with E-state index >= 15 is 0 Å². The molecule has 0 spiro atoms. The fourth-order valence-corrected chi connectivity index (χ4v) is 9.31. The topological polar surface area (TPSA) is 100 Å². The minimum absolute atomic E-state index is 0.184. The van der Waals surface area contributed by atoms with Gasteiger partial charge in [-0.3, -0.25) is 0 Å². The minimum atomic E-state index is -1.07. The first kappa shape index (κ1) is 50.6. The van der Waals surface area contributed by atoms with Gasteiger partial charge in [0.15, 0.2) is 6.10 Å². The van der Waals surface area contributed by atoms with Gasteiger partial charge in [0.1, 0.15) is 42.7 Å². The van der Waals surface area contributed by atoms with Gasteiger partial charge in [0.25, 0.3) is 0 Å². The molecule has 10 heteroatoms. The van der Waals surface area contributed by atoms with Crippen LogP contribution in [0.25, 0.3) is 0 Å². The Morgan fingerprint density at radius 2 is 0.597 bits per heavy atom. The molecule has 372 valence electrons. The van der Waals surface area contributed by atoms with Gasteiger partial charge in [0.05, 0.1) is 59.0 Å². The van der Waals surface area contributed by atoms with E-state index in [2.05, 4.69) is 12.1 Å². The third-order valence-corrected chi connectivity index (χ3v) is 13.0. The highest BCUT2D eigenvalue weighted by Gasteiger charge is 2.51. The van der Waals surface area contributed by atoms with Crippen molar-refractivity contribution >= 4 is 5.97 Å². The van der Waals surface area contributed by atoms with Crippen LogP contribution in [0.5, 0.6) is 0 Å². The lowest BCUT2D eigenvalue weighted by atomic mass is 9.89. The zero-order valence-corrected chi connectivity index (χ0v) is 40.6. The summed E-state index contributed by atoms with van der Waals surface area (Å²) >= 11 is 0. The van der Waals surface area contributed by atoms with E-state index in [0.717, 1.165) is 38.9 Å². The molecule has 0 saturated carbocycles. The third kappa shape index (κ3) is 14.7. The lowest BCUT2D eigenvalue weighted by molar-refractivity contribution is -0.275. The number of hydrogen-bond acceptors (Lipinski definition) is 10. The Kier molecular flexibility index (Phi) is 18.9. The summed E-state index contributed by atoms with van der Waals surface area (Å²) in [7, 11) is 0. The van der Waals surface area contributed by atoms with E-state index < -0.39 is 60.9 Å². The van der Waals surface area contributed by atoms with Crippen molar-refractivity contribution in [1.82, 2.24) is 0 Å². The molecule has 2 aliphatic rings. The zero-order valence-electron chi connectivity index (χ0n) is 40.6. The number of esters is 1. The van der Waals surface area contributed by atoms with Crippen LogP contribution in [0.15, 0.2) is 212 Å². The summed E-state index contributed by atoms with van der Waals surface area (Å²) in [5, 5.41) is 0. The second-order valence-electron chi connectivity index (χ2n) is 18.3. The molecule has 2 aliphatic heterocycles. The Morgan fingerprint density at radius 3 is 0.986 bits per heavy atom. The fourth-order valence-electron chi connectivity index (χ4n) is 9.31. The largest absolute Gasteiger partial charge is 0.457 e. The Morgan fingerprint density at radius 1 is 0.306 bits per heavy atom. The number of carbonyl (C=O) groups excluding carboxylic acids is 1. The molecular weight excluding hydrogens is 905 g/mol. The van der Waals surface area contributed by atoms with E-state index in [-0.39, 0.29) is 26.4 Å². The SMILES string of the molecule is O=C1O[C@H](CC[C@@H]2O[C@H](COCc3ccccc3)[C@H](OCc3ccccc3)[C@H](OCc3ccccc3)[C@H]2OCc2ccccc2)[C@H](OCc2ccccc2)[C@H](OCc2ccccc2)[C@H]1OCc1ccccc1. The lowest BCUT2D eigenvalue weighted by Gasteiger charge is -2.47. The lowest BCUT2D eigenvalue weighted by Crippen LogP contribution is -2.62. The van der Waals surface area contributed by atoms with Crippen molar-refractivity contribution in [2.45, 2.75) is 114 Å². The average Bonchev–Trinajstić information content (AvgIpc) is 3.44. The molecule has 2 fully saturated rings.